The second kappa shape index (κ2) is 8.21. The van der Waals surface area contributed by atoms with Gasteiger partial charge in [0.15, 0.2) is 5.84 Å². The molecule has 3 N–H and O–H groups in total. The lowest BCUT2D eigenvalue weighted by Gasteiger charge is -2.11. The van der Waals surface area contributed by atoms with Gasteiger partial charge in [-0.25, -0.2) is 9.19 Å². The van der Waals surface area contributed by atoms with Crippen molar-refractivity contribution in [1.82, 2.24) is 14.8 Å². The Balaban J connectivity index is 2.47. The van der Waals surface area contributed by atoms with E-state index in [1.807, 2.05) is 6.92 Å². The van der Waals surface area contributed by atoms with Crippen LogP contribution in [0.4, 0.5) is 5.69 Å². The third kappa shape index (κ3) is 4.30. The fourth-order valence-electron chi connectivity index (χ4n) is 2.00. The van der Waals surface area contributed by atoms with Gasteiger partial charge in [0.2, 0.25) is 5.88 Å². The SMILES string of the molecule is C#CC(=N)n1nc(-c2cnc(OC)c(NS(=O)CCC)c2)ccc1=N. The summed E-state index contributed by atoms with van der Waals surface area (Å²) in [6.45, 7) is 1.94. The summed E-state index contributed by atoms with van der Waals surface area (Å²) in [5.41, 5.74) is 1.54. The molecule has 25 heavy (non-hydrogen) atoms. The molecular weight excluding hydrogens is 340 g/mol. The van der Waals surface area contributed by atoms with Crippen molar-refractivity contribution in [3.05, 3.63) is 29.9 Å². The Morgan fingerprint density at radius 1 is 1.52 bits per heavy atom. The molecule has 0 bridgehead atoms. The molecule has 0 saturated carbocycles. The van der Waals surface area contributed by atoms with Crippen LogP contribution in [0.5, 0.6) is 5.88 Å². The quantitative estimate of drug-likeness (QED) is 0.411. The van der Waals surface area contributed by atoms with Gasteiger partial charge in [-0.1, -0.05) is 6.92 Å². The van der Waals surface area contributed by atoms with Gasteiger partial charge in [-0.3, -0.25) is 10.8 Å². The van der Waals surface area contributed by atoms with Crippen LogP contribution in [0, 0.1) is 23.2 Å². The van der Waals surface area contributed by atoms with Gasteiger partial charge in [-0.05, 0) is 30.5 Å². The number of pyridine rings is 1. The van der Waals surface area contributed by atoms with E-state index in [2.05, 4.69) is 20.7 Å². The maximum absolute atomic E-state index is 12.0. The van der Waals surface area contributed by atoms with Crippen LogP contribution in [0.3, 0.4) is 0 Å². The second-order valence-electron chi connectivity index (χ2n) is 4.94. The first-order valence-corrected chi connectivity index (χ1v) is 8.72. The fourth-order valence-corrected chi connectivity index (χ4v) is 2.86. The van der Waals surface area contributed by atoms with E-state index in [9.17, 15) is 4.21 Å². The Labute approximate surface area is 147 Å². The monoisotopic (exact) mass is 358 g/mol. The first-order valence-electron chi connectivity index (χ1n) is 7.40. The first kappa shape index (κ1) is 18.4. The van der Waals surface area contributed by atoms with Gasteiger partial charge in [-0.2, -0.15) is 9.78 Å². The first-order chi connectivity index (χ1) is 12.0. The van der Waals surface area contributed by atoms with E-state index in [1.54, 1.807) is 18.3 Å². The summed E-state index contributed by atoms with van der Waals surface area (Å²) in [6, 6.07) is 4.81. The van der Waals surface area contributed by atoms with Crippen molar-refractivity contribution in [1.29, 1.82) is 10.8 Å². The third-order valence-corrected chi connectivity index (χ3v) is 4.36. The molecule has 0 aliphatic heterocycles. The largest absolute Gasteiger partial charge is 0.480 e. The van der Waals surface area contributed by atoms with Crippen molar-refractivity contribution in [2.24, 2.45) is 0 Å². The van der Waals surface area contributed by atoms with Gasteiger partial charge in [-0.15, -0.1) is 6.42 Å². The lowest BCUT2D eigenvalue weighted by Crippen LogP contribution is -2.27. The molecule has 0 fully saturated rings. The summed E-state index contributed by atoms with van der Waals surface area (Å²) in [6.07, 6.45) is 7.53. The molecule has 0 aliphatic carbocycles. The number of nitrogens with zero attached hydrogens (tertiary/aromatic N) is 3. The Morgan fingerprint density at radius 2 is 2.28 bits per heavy atom. The predicted molar refractivity (Wildman–Crippen MR) is 96.7 cm³/mol. The lowest BCUT2D eigenvalue weighted by atomic mass is 10.2. The summed E-state index contributed by atoms with van der Waals surface area (Å²) in [7, 11) is 0.227. The van der Waals surface area contributed by atoms with E-state index in [0.29, 0.717) is 28.6 Å². The van der Waals surface area contributed by atoms with Crippen molar-refractivity contribution in [2.75, 3.05) is 17.6 Å². The highest BCUT2D eigenvalue weighted by Gasteiger charge is 2.12. The highest BCUT2D eigenvalue weighted by Crippen LogP contribution is 2.27. The molecule has 0 aromatic carbocycles. The van der Waals surface area contributed by atoms with Gasteiger partial charge in [0, 0.05) is 17.5 Å². The summed E-state index contributed by atoms with van der Waals surface area (Å²) >= 11 is 0. The topological polar surface area (TPSA) is 117 Å². The molecule has 8 nitrogen and oxygen atoms in total. The molecule has 2 aromatic rings. The molecule has 0 radical (unpaired) electrons. The van der Waals surface area contributed by atoms with Gasteiger partial charge in [0.1, 0.15) is 22.2 Å². The van der Waals surface area contributed by atoms with Crippen LogP contribution in [-0.4, -0.2) is 37.7 Å². The Kier molecular flexibility index (Phi) is 6.03. The van der Waals surface area contributed by atoms with E-state index < -0.39 is 11.0 Å². The van der Waals surface area contributed by atoms with Crippen molar-refractivity contribution < 1.29 is 8.95 Å². The zero-order valence-corrected chi connectivity index (χ0v) is 14.7. The van der Waals surface area contributed by atoms with E-state index >= 15 is 0 Å². The summed E-state index contributed by atoms with van der Waals surface area (Å²) < 4.78 is 21.1. The van der Waals surface area contributed by atoms with Crippen LogP contribution in [0.15, 0.2) is 24.4 Å². The predicted octanol–water partition coefficient (Wildman–Crippen LogP) is 1.38. The van der Waals surface area contributed by atoms with Crippen LogP contribution in [0.1, 0.15) is 13.3 Å². The molecular formula is C16H18N6O2S. The zero-order chi connectivity index (χ0) is 18.4. The van der Waals surface area contributed by atoms with Crippen molar-refractivity contribution >= 4 is 22.5 Å². The number of hydrogen-bond donors (Lipinski definition) is 3. The average molecular weight is 358 g/mol. The van der Waals surface area contributed by atoms with Gasteiger partial charge < -0.3 is 9.46 Å². The summed E-state index contributed by atoms with van der Waals surface area (Å²) in [4.78, 5) is 4.19. The molecule has 1 unspecified atom stereocenters. The van der Waals surface area contributed by atoms with E-state index in [0.717, 1.165) is 11.1 Å². The number of aromatic nitrogens is 3. The van der Waals surface area contributed by atoms with E-state index in [1.165, 1.54) is 13.2 Å². The zero-order valence-electron chi connectivity index (χ0n) is 13.9. The third-order valence-electron chi connectivity index (χ3n) is 3.14. The molecule has 2 aromatic heterocycles. The number of anilines is 1. The average Bonchev–Trinajstić information content (AvgIpc) is 2.61. The maximum Gasteiger partial charge on any atom is 0.238 e. The number of ether oxygens (including phenoxy) is 1. The lowest BCUT2D eigenvalue weighted by molar-refractivity contribution is 0.400. The molecule has 1 atom stereocenters. The fraction of sp³-hybridized carbons (Fsp3) is 0.250. The van der Waals surface area contributed by atoms with Gasteiger partial charge >= 0.3 is 0 Å². The normalized spacial score (nSPS) is 11.4. The van der Waals surface area contributed by atoms with Gasteiger partial charge in [0.05, 0.1) is 12.8 Å². The Hall–Kier alpha value is -2.99. The molecule has 2 heterocycles. The number of nitrogens with one attached hydrogen (secondary N) is 3. The number of rotatable bonds is 6. The summed E-state index contributed by atoms with van der Waals surface area (Å²) in [5.74, 6) is 2.72. The molecule has 2 rings (SSSR count). The minimum Gasteiger partial charge on any atom is -0.480 e. The molecule has 0 aliphatic rings. The second-order valence-corrected chi connectivity index (χ2v) is 6.24. The van der Waals surface area contributed by atoms with Crippen LogP contribution in [0.2, 0.25) is 0 Å². The molecule has 0 saturated heterocycles. The minimum absolute atomic E-state index is 0.00410. The maximum atomic E-state index is 12.0. The number of hydrogen-bond acceptors (Lipinski definition) is 6. The highest BCUT2D eigenvalue weighted by atomic mass is 32.2. The highest BCUT2D eigenvalue weighted by molar-refractivity contribution is 7.86. The minimum atomic E-state index is -1.25. The Morgan fingerprint density at radius 3 is 2.92 bits per heavy atom. The molecule has 0 spiro atoms. The van der Waals surface area contributed by atoms with Crippen molar-refractivity contribution in [3.63, 3.8) is 0 Å². The van der Waals surface area contributed by atoms with Crippen LogP contribution >= 0.6 is 0 Å². The standard InChI is InChI=1S/C16H18N6O2S/c1-4-8-25(23)21-13-9-11(10-19-16(13)24-3)12-6-7-15(18)22(20-12)14(17)5-2/h2,6-7,9-10,17-18,21H,4,8H2,1,3H3. The summed E-state index contributed by atoms with van der Waals surface area (Å²) in [5, 5.41) is 19.7. The number of methoxy groups -OCH3 is 1. The van der Waals surface area contributed by atoms with Crippen LogP contribution in [-0.2, 0) is 11.0 Å². The van der Waals surface area contributed by atoms with Gasteiger partial charge in [0.25, 0.3) is 0 Å². The van der Waals surface area contributed by atoms with Crippen LogP contribution < -0.4 is 14.9 Å². The van der Waals surface area contributed by atoms with Crippen molar-refractivity contribution in [3.8, 4) is 29.5 Å². The van der Waals surface area contributed by atoms with E-state index in [-0.39, 0.29) is 11.3 Å². The molecule has 0 amide bonds. The van der Waals surface area contributed by atoms with E-state index in [4.69, 9.17) is 22.0 Å². The number of terminal acetylenes is 1. The molecule has 130 valence electrons. The van der Waals surface area contributed by atoms with Crippen molar-refractivity contribution in [2.45, 2.75) is 13.3 Å². The smallest absolute Gasteiger partial charge is 0.238 e. The van der Waals surface area contributed by atoms with Crippen LogP contribution in [0.25, 0.3) is 11.3 Å². The molecule has 9 heteroatoms. The Bertz CT molecular complexity index is 916.